The number of rotatable bonds is 5. The predicted molar refractivity (Wildman–Crippen MR) is 77.0 cm³/mol. The van der Waals surface area contributed by atoms with E-state index >= 15 is 0 Å². The Morgan fingerprint density at radius 1 is 1.36 bits per heavy atom. The molecule has 1 aliphatic rings. The summed E-state index contributed by atoms with van der Waals surface area (Å²) >= 11 is 0. The van der Waals surface area contributed by atoms with Crippen LogP contribution < -0.4 is 10.6 Å². The van der Waals surface area contributed by atoms with Gasteiger partial charge in [0, 0.05) is 5.92 Å². The molecule has 0 spiro atoms. The lowest BCUT2D eigenvalue weighted by Gasteiger charge is -2.17. The average Bonchev–Trinajstić information content (AvgIpc) is 3.02. The lowest BCUT2D eigenvalue weighted by Crippen LogP contribution is -2.44. The molecule has 8 nitrogen and oxygen atoms in total. The van der Waals surface area contributed by atoms with Gasteiger partial charge >= 0.3 is 6.09 Å². The largest absolute Gasteiger partial charge is 0.453 e. The molecule has 1 fully saturated rings. The van der Waals surface area contributed by atoms with Gasteiger partial charge in [0.05, 0.1) is 13.7 Å². The number of nitrogens with one attached hydrogen (secondary N) is 2. The van der Waals surface area contributed by atoms with Gasteiger partial charge in [-0.3, -0.25) is 4.79 Å². The van der Waals surface area contributed by atoms with Crippen LogP contribution in [0.2, 0.25) is 0 Å². The third-order valence-corrected chi connectivity index (χ3v) is 3.78. The highest BCUT2D eigenvalue weighted by Gasteiger charge is 2.21. The zero-order chi connectivity index (χ0) is 15.9. The number of nitrogens with zero attached hydrogens (tertiary/aromatic N) is 2. The Balaban J connectivity index is 1.80. The molecule has 0 bridgehead atoms. The molecule has 2 rings (SSSR count). The Labute approximate surface area is 129 Å². The van der Waals surface area contributed by atoms with Crippen LogP contribution in [0.3, 0.4) is 0 Å². The number of aromatic nitrogens is 2. The van der Waals surface area contributed by atoms with Crippen molar-refractivity contribution in [1.82, 2.24) is 20.8 Å². The Morgan fingerprint density at radius 3 is 2.77 bits per heavy atom. The molecule has 0 aromatic carbocycles. The Hall–Kier alpha value is -2.12. The van der Waals surface area contributed by atoms with Gasteiger partial charge in [-0.05, 0) is 19.8 Å². The van der Waals surface area contributed by atoms with E-state index in [-0.39, 0.29) is 12.5 Å². The van der Waals surface area contributed by atoms with E-state index in [1.54, 1.807) is 6.92 Å². The number of carbonyl (C=O) groups excluding carboxylic acids is 2. The maximum absolute atomic E-state index is 11.8. The second kappa shape index (κ2) is 7.77. The molecular formula is C14H22N4O4. The summed E-state index contributed by atoms with van der Waals surface area (Å²) < 4.78 is 9.60. The van der Waals surface area contributed by atoms with Gasteiger partial charge in [0.1, 0.15) is 6.04 Å². The van der Waals surface area contributed by atoms with E-state index in [2.05, 4.69) is 25.5 Å². The fraction of sp³-hybridized carbons (Fsp3) is 0.714. The summed E-state index contributed by atoms with van der Waals surface area (Å²) in [6.45, 7) is 1.71. The summed E-state index contributed by atoms with van der Waals surface area (Å²) in [7, 11) is 1.24. The van der Waals surface area contributed by atoms with E-state index in [9.17, 15) is 9.59 Å². The first kappa shape index (κ1) is 16.3. The van der Waals surface area contributed by atoms with E-state index in [4.69, 9.17) is 4.52 Å². The standard InChI is InChI=1S/C14H22N4O4/c1-9(16-14(20)21-2)13(19)15-8-11-17-12(18-22-11)10-6-4-3-5-7-10/h9-10H,3-8H2,1-2H3,(H,15,19)(H,16,20). The number of amides is 2. The normalized spacial score (nSPS) is 16.8. The Morgan fingerprint density at radius 2 is 2.09 bits per heavy atom. The van der Waals surface area contributed by atoms with Gasteiger partial charge in [0.15, 0.2) is 5.82 Å². The van der Waals surface area contributed by atoms with Crippen molar-refractivity contribution in [2.24, 2.45) is 0 Å². The summed E-state index contributed by atoms with van der Waals surface area (Å²) in [6.07, 6.45) is 5.18. The predicted octanol–water partition coefficient (Wildman–Crippen LogP) is 1.48. The first-order valence-electron chi connectivity index (χ1n) is 7.55. The third-order valence-electron chi connectivity index (χ3n) is 3.78. The number of ether oxygens (including phenoxy) is 1. The van der Waals surface area contributed by atoms with Crippen molar-refractivity contribution >= 4 is 12.0 Å². The van der Waals surface area contributed by atoms with E-state index < -0.39 is 12.1 Å². The van der Waals surface area contributed by atoms with Crippen LogP contribution in [0.5, 0.6) is 0 Å². The first-order valence-corrected chi connectivity index (χ1v) is 7.55. The number of carbonyl (C=O) groups is 2. The van der Waals surface area contributed by atoms with Gasteiger partial charge in [-0.15, -0.1) is 0 Å². The second-order valence-electron chi connectivity index (χ2n) is 5.46. The smallest absolute Gasteiger partial charge is 0.407 e. The van der Waals surface area contributed by atoms with E-state index in [0.29, 0.717) is 11.8 Å². The lowest BCUT2D eigenvalue weighted by atomic mass is 9.89. The fourth-order valence-electron chi connectivity index (χ4n) is 2.48. The van der Waals surface area contributed by atoms with Gasteiger partial charge in [-0.25, -0.2) is 4.79 Å². The number of alkyl carbamates (subject to hydrolysis) is 1. The minimum atomic E-state index is -0.701. The molecular weight excluding hydrogens is 288 g/mol. The number of methoxy groups -OCH3 is 1. The highest BCUT2D eigenvalue weighted by molar-refractivity contribution is 5.85. The summed E-state index contributed by atoms with van der Waals surface area (Å²) in [5, 5.41) is 9.02. The molecule has 0 aliphatic heterocycles. The highest BCUT2D eigenvalue weighted by Crippen LogP contribution is 2.30. The molecule has 1 aromatic rings. The van der Waals surface area contributed by atoms with Crippen molar-refractivity contribution in [2.45, 2.75) is 57.5 Å². The summed E-state index contributed by atoms with van der Waals surface area (Å²) in [6, 6.07) is -0.701. The SMILES string of the molecule is COC(=O)NC(C)C(=O)NCc1nc(C2CCCCC2)no1. The van der Waals surface area contributed by atoms with Crippen molar-refractivity contribution in [1.29, 1.82) is 0 Å². The van der Waals surface area contributed by atoms with Gasteiger partial charge in [0.25, 0.3) is 0 Å². The van der Waals surface area contributed by atoms with E-state index in [1.165, 1.54) is 26.4 Å². The minimum Gasteiger partial charge on any atom is -0.453 e. The van der Waals surface area contributed by atoms with E-state index in [0.717, 1.165) is 18.7 Å². The summed E-state index contributed by atoms with van der Waals surface area (Å²) in [5.74, 6) is 1.12. The van der Waals surface area contributed by atoms with Gasteiger partial charge in [-0.2, -0.15) is 4.98 Å². The molecule has 0 radical (unpaired) electrons. The van der Waals surface area contributed by atoms with Crippen molar-refractivity contribution < 1.29 is 18.8 Å². The maximum Gasteiger partial charge on any atom is 0.407 e. The molecule has 22 heavy (non-hydrogen) atoms. The highest BCUT2D eigenvalue weighted by atomic mass is 16.5. The van der Waals surface area contributed by atoms with Crippen LogP contribution in [0.15, 0.2) is 4.52 Å². The van der Waals surface area contributed by atoms with Gasteiger partial charge in [0.2, 0.25) is 11.8 Å². The Kier molecular flexibility index (Phi) is 5.74. The fourth-order valence-corrected chi connectivity index (χ4v) is 2.48. The quantitative estimate of drug-likeness (QED) is 0.853. The number of hydrogen-bond acceptors (Lipinski definition) is 6. The van der Waals surface area contributed by atoms with Crippen LogP contribution in [0.1, 0.15) is 56.7 Å². The number of hydrogen-bond donors (Lipinski definition) is 2. The monoisotopic (exact) mass is 310 g/mol. The van der Waals surface area contributed by atoms with Crippen molar-refractivity contribution in [3.63, 3.8) is 0 Å². The molecule has 2 amide bonds. The van der Waals surface area contributed by atoms with Crippen molar-refractivity contribution in [3.8, 4) is 0 Å². The van der Waals surface area contributed by atoms with Crippen LogP contribution in [-0.4, -0.2) is 35.3 Å². The molecule has 122 valence electrons. The molecule has 1 heterocycles. The third kappa shape index (κ3) is 4.44. The summed E-state index contributed by atoms with van der Waals surface area (Å²) in [5.41, 5.74) is 0. The molecule has 0 saturated heterocycles. The first-order chi connectivity index (χ1) is 10.6. The average molecular weight is 310 g/mol. The molecule has 1 aromatic heterocycles. The van der Waals surface area contributed by atoms with Crippen LogP contribution in [0, 0.1) is 0 Å². The van der Waals surface area contributed by atoms with Crippen LogP contribution in [0.4, 0.5) is 4.79 Å². The molecule has 8 heteroatoms. The molecule has 1 atom stereocenters. The van der Waals surface area contributed by atoms with Crippen LogP contribution >= 0.6 is 0 Å². The Bertz CT molecular complexity index is 511. The molecule has 1 aliphatic carbocycles. The van der Waals surface area contributed by atoms with Crippen LogP contribution in [0.25, 0.3) is 0 Å². The molecule has 1 saturated carbocycles. The molecule has 1 unspecified atom stereocenters. The summed E-state index contributed by atoms with van der Waals surface area (Å²) in [4.78, 5) is 27.2. The zero-order valence-electron chi connectivity index (χ0n) is 12.9. The second-order valence-corrected chi connectivity index (χ2v) is 5.46. The lowest BCUT2D eigenvalue weighted by molar-refractivity contribution is -0.122. The molecule has 2 N–H and O–H groups in total. The topological polar surface area (TPSA) is 106 Å². The maximum atomic E-state index is 11.8. The van der Waals surface area contributed by atoms with Crippen molar-refractivity contribution in [2.75, 3.05) is 7.11 Å². The van der Waals surface area contributed by atoms with Gasteiger partial charge in [-0.1, -0.05) is 24.4 Å². The van der Waals surface area contributed by atoms with E-state index in [1.807, 2.05) is 0 Å². The van der Waals surface area contributed by atoms with Crippen molar-refractivity contribution in [3.05, 3.63) is 11.7 Å². The minimum absolute atomic E-state index is 0.145. The zero-order valence-corrected chi connectivity index (χ0v) is 12.9. The van der Waals surface area contributed by atoms with Gasteiger partial charge < -0.3 is 19.9 Å². The van der Waals surface area contributed by atoms with Crippen LogP contribution in [-0.2, 0) is 16.1 Å².